The van der Waals surface area contributed by atoms with E-state index in [1.165, 1.54) is 6.07 Å². The van der Waals surface area contributed by atoms with Gasteiger partial charge in [-0.1, -0.05) is 53.5 Å². The smallest absolute Gasteiger partial charge is 0.416 e. The minimum atomic E-state index is -4.51. The second-order valence-electron chi connectivity index (χ2n) is 14.6. The number of thiophene rings is 1. The van der Waals surface area contributed by atoms with Gasteiger partial charge < -0.3 is 9.53 Å². The highest BCUT2D eigenvalue weighted by atomic mass is 32.1. The molecule has 1 aromatic carbocycles. The number of phenolic OH excluding ortho intramolecular Hbond substituents is 1. The number of aromatic hydroxyl groups is 1. The van der Waals surface area contributed by atoms with Crippen molar-refractivity contribution in [3.05, 3.63) is 68.7 Å². The number of halogens is 3. The predicted octanol–water partition coefficient (Wildman–Crippen LogP) is 10.8. The van der Waals surface area contributed by atoms with Gasteiger partial charge in [0.1, 0.15) is 5.75 Å². The Kier molecular flexibility index (Phi) is 8.25. The van der Waals surface area contributed by atoms with Gasteiger partial charge in [-0.3, -0.25) is 4.98 Å². The quantitative estimate of drug-likeness (QED) is 0.281. The van der Waals surface area contributed by atoms with Gasteiger partial charge in [0.05, 0.1) is 11.7 Å². The molecular formula is C34H44F3NO2SSi. The molecule has 228 valence electrons. The first-order valence-corrected chi connectivity index (χ1v) is 19.0. The lowest BCUT2D eigenvalue weighted by Gasteiger charge is -2.45. The number of nitrogens with zero attached hydrogens (tertiary/aromatic N) is 1. The maximum atomic E-state index is 13.4. The van der Waals surface area contributed by atoms with E-state index in [2.05, 4.69) is 64.5 Å². The molecule has 0 spiro atoms. The van der Waals surface area contributed by atoms with Crippen molar-refractivity contribution >= 4 is 19.7 Å². The van der Waals surface area contributed by atoms with Gasteiger partial charge in [-0.25, -0.2) is 0 Å². The first kappa shape index (κ1) is 31.3. The standard InChI is InChI=1S/C34H44F3NO2SSi/c1-32(2,3)42(6,7)40-28-19-33(4,5)18-26-30(28)29(23-14-15-41-20-23)25(31(38-26)21-10-8-9-11-21)16-22-12-13-24(17-27(22)39)34(35,36)37/h12-15,17,20-21,28,39H,8-11,16,18-19H2,1-7H3/t28-/m0/s1. The van der Waals surface area contributed by atoms with Crippen LogP contribution in [-0.4, -0.2) is 18.4 Å². The molecule has 0 radical (unpaired) electrons. The minimum Gasteiger partial charge on any atom is -0.508 e. The Morgan fingerprint density at radius 2 is 1.79 bits per heavy atom. The Hall–Kier alpha value is -2.16. The Morgan fingerprint density at radius 3 is 2.36 bits per heavy atom. The molecule has 0 aliphatic heterocycles. The zero-order valence-electron chi connectivity index (χ0n) is 25.9. The van der Waals surface area contributed by atoms with Crippen LogP contribution in [0.5, 0.6) is 5.75 Å². The third-order valence-corrected chi connectivity index (χ3v) is 14.9. The highest BCUT2D eigenvalue weighted by molar-refractivity contribution is 7.08. The van der Waals surface area contributed by atoms with E-state index in [-0.39, 0.29) is 22.3 Å². The first-order valence-electron chi connectivity index (χ1n) is 15.1. The summed E-state index contributed by atoms with van der Waals surface area (Å²) in [5.74, 6) is -0.0320. The van der Waals surface area contributed by atoms with Gasteiger partial charge >= 0.3 is 6.18 Å². The van der Waals surface area contributed by atoms with Gasteiger partial charge in [-0.15, -0.1) is 0 Å². The van der Waals surface area contributed by atoms with E-state index in [1.807, 2.05) is 0 Å². The molecular weight excluding hydrogens is 572 g/mol. The number of hydrogen-bond acceptors (Lipinski definition) is 4. The van der Waals surface area contributed by atoms with Crippen LogP contribution < -0.4 is 0 Å². The fourth-order valence-corrected chi connectivity index (χ4v) is 8.40. The van der Waals surface area contributed by atoms with Gasteiger partial charge in [0.25, 0.3) is 0 Å². The van der Waals surface area contributed by atoms with Crippen molar-refractivity contribution in [1.29, 1.82) is 0 Å². The number of phenols is 1. The normalized spacial score (nSPS) is 19.7. The first-order chi connectivity index (χ1) is 19.5. The lowest BCUT2D eigenvalue weighted by molar-refractivity contribution is -0.137. The highest BCUT2D eigenvalue weighted by Crippen LogP contribution is 2.52. The zero-order valence-corrected chi connectivity index (χ0v) is 27.7. The van der Waals surface area contributed by atoms with Crippen LogP contribution in [0.15, 0.2) is 35.0 Å². The predicted molar refractivity (Wildman–Crippen MR) is 168 cm³/mol. The van der Waals surface area contributed by atoms with Crippen molar-refractivity contribution in [2.24, 2.45) is 5.41 Å². The molecule has 0 unspecified atom stereocenters. The average Bonchev–Trinajstić information content (AvgIpc) is 3.57. The fraction of sp³-hybridized carbons (Fsp3) is 0.559. The van der Waals surface area contributed by atoms with Crippen molar-refractivity contribution in [2.75, 3.05) is 0 Å². The molecule has 2 aliphatic rings. The van der Waals surface area contributed by atoms with E-state index in [9.17, 15) is 18.3 Å². The Balaban J connectivity index is 1.76. The van der Waals surface area contributed by atoms with Gasteiger partial charge in [-0.2, -0.15) is 24.5 Å². The summed E-state index contributed by atoms with van der Waals surface area (Å²) in [7, 11) is -2.17. The van der Waals surface area contributed by atoms with Gasteiger partial charge in [-0.05, 0) is 100 Å². The average molecular weight is 616 g/mol. The largest absolute Gasteiger partial charge is 0.508 e. The number of aromatic nitrogens is 1. The number of pyridine rings is 1. The third kappa shape index (κ3) is 6.22. The zero-order chi connectivity index (χ0) is 30.7. The minimum absolute atomic E-state index is 0.0130. The van der Waals surface area contributed by atoms with Crippen LogP contribution in [0, 0.1) is 5.41 Å². The Morgan fingerprint density at radius 1 is 1.10 bits per heavy atom. The molecule has 42 heavy (non-hydrogen) atoms. The summed E-state index contributed by atoms with van der Waals surface area (Å²) in [5.41, 5.74) is 6.18. The molecule has 8 heteroatoms. The number of hydrogen-bond donors (Lipinski definition) is 1. The van der Waals surface area contributed by atoms with Crippen LogP contribution >= 0.6 is 11.3 Å². The summed E-state index contributed by atoms with van der Waals surface area (Å²) in [6.45, 7) is 16.0. The van der Waals surface area contributed by atoms with Crippen LogP contribution in [-0.2, 0) is 23.4 Å². The number of rotatable bonds is 6. The summed E-state index contributed by atoms with van der Waals surface area (Å²) < 4.78 is 47.5. The molecule has 3 nitrogen and oxygen atoms in total. The van der Waals surface area contributed by atoms with E-state index >= 15 is 0 Å². The topological polar surface area (TPSA) is 42.4 Å². The molecule has 2 aliphatic carbocycles. The fourth-order valence-electron chi connectivity index (χ4n) is 6.48. The molecule has 0 bridgehead atoms. The summed E-state index contributed by atoms with van der Waals surface area (Å²) in [5, 5.41) is 15.1. The molecule has 3 aromatic rings. The van der Waals surface area contributed by atoms with E-state index in [1.54, 1.807) is 11.3 Å². The molecule has 0 amide bonds. The molecule has 1 N–H and O–H groups in total. The molecule has 5 rings (SSSR count). The lowest BCUT2D eigenvalue weighted by Crippen LogP contribution is -2.44. The number of fused-ring (bicyclic) bond motifs is 1. The number of alkyl halides is 3. The van der Waals surface area contributed by atoms with Gasteiger partial charge in [0.2, 0.25) is 0 Å². The van der Waals surface area contributed by atoms with E-state index in [4.69, 9.17) is 9.41 Å². The van der Waals surface area contributed by atoms with Crippen molar-refractivity contribution in [3.63, 3.8) is 0 Å². The molecule has 1 fully saturated rings. The summed E-state index contributed by atoms with van der Waals surface area (Å²) in [6, 6.07) is 5.50. The SMILES string of the molecule is CC1(C)Cc2nc(C3CCCC3)c(Cc3ccc(C(F)(F)F)cc3O)c(-c3ccsc3)c2[C@@H](O[Si](C)(C)C(C)(C)C)C1. The second kappa shape index (κ2) is 11.1. The van der Waals surface area contributed by atoms with Gasteiger partial charge in [0, 0.05) is 29.3 Å². The summed E-state index contributed by atoms with van der Waals surface area (Å²) in [4.78, 5) is 5.46. The monoisotopic (exact) mass is 615 g/mol. The van der Waals surface area contributed by atoms with Crippen LogP contribution in [0.2, 0.25) is 18.1 Å². The van der Waals surface area contributed by atoms with Crippen LogP contribution in [0.1, 0.15) is 112 Å². The molecule has 1 saturated carbocycles. The van der Waals surface area contributed by atoms with Gasteiger partial charge in [0.15, 0.2) is 8.32 Å². The Labute approximate surface area is 253 Å². The molecule has 2 aromatic heterocycles. The Bertz CT molecular complexity index is 1430. The van der Waals surface area contributed by atoms with E-state index in [0.717, 1.165) is 84.3 Å². The van der Waals surface area contributed by atoms with Crippen molar-refractivity contribution in [2.45, 2.75) is 116 Å². The summed E-state index contributed by atoms with van der Waals surface area (Å²) >= 11 is 1.64. The maximum absolute atomic E-state index is 13.4. The number of benzene rings is 1. The third-order valence-electron chi connectivity index (χ3n) is 9.73. The second-order valence-corrected chi connectivity index (χ2v) is 20.2. The van der Waals surface area contributed by atoms with Crippen molar-refractivity contribution in [1.82, 2.24) is 4.98 Å². The molecule has 1 atom stereocenters. The highest BCUT2D eigenvalue weighted by Gasteiger charge is 2.45. The van der Waals surface area contributed by atoms with E-state index in [0.29, 0.717) is 17.9 Å². The maximum Gasteiger partial charge on any atom is 0.416 e. The van der Waals surface area contributed by atoms with Crippen molar-refractivity contribution in [3.8, 4) is 16.9 Å². The summed E-state index contributed by atoms with van der Waals surface area (Å²) in [6.07, 6.45) is 1.78. The lowest BCUT2D eigenvalue weighted by atomic mass is 9.71. The molecule has 0 saturated heterocycles. The van der Waals surface area contributed by atoms with Crippen molar-refractivity contribution < 1.29 is 22.7 Å². The van der Waals surface area contributed by atoms with Crippen LogP contribution in [0.3, 0.4) is 0 Å². The molecule has 2 heterocycles. The van der Waals surface area contributed by atoms with Crippen LogP contribution in [0.25, 0.3) is 11.1 Å². The van der Waals surface area contributed by atoms with Crippen LogP contribution in [0.4, 0.5) is 13.2 Å². The van der Waals surface area contributed by atoms with E-state index < -0.39 is 20.1 Å².